The van der Waals surface area contributed by atoms with Crippen molar-refractivity contribution < 1.29 is 22.7 Å². The van der Waals surface area contributed by atoms with Crippen molar-refractivity contribution in [3.8, 4) is 5.75 Å². The third-order valence-corrected chi connectivity index (χ3v) is 6.56. The maximum absolute atomic E-state index is 12.6. The van der Waals surface area contributed by atoms with Gasteiger partial charge >= 0.3 is 0 Å². The van der Waals surface area contributed by atoms with E-state index < -0.39 is 21.8 Å². The van der Waals surface area contributed by atoms with Gasteiger partial charge in [-0.25, -0.2) is 8.42 Å². The first-order chi connectivity index (χ1) is 14.8. The molecule has 2 aromatic carbocycles. The number of hydrogen-bond acceptors (Lipinski definition) is 6. The van der Waals surface area contributed by atoms with Gasteiger partial charge in [-0.2, -0.15) is 0 Å². The highest BCUT2D eigenvalue weighted by Crippen LogP contribution is 2.18. The molecule has 0 bridgehead atoms. The van der Waals surface area contributed by atoms with Crippen LogP contribution >= 0.6 is 0 Å². The Balaban J connectivity index is 1.53. The van der Waals surface area contributed by atoms with Gasteiger partial charge in [-0.15, -0.1) is 4.83 Å². The third-order valence-electron chi connectivity index (χ3n) is 5.30. The number of benzene rings is 2. The zero-order valence-electron chi connectivity index (χ0n) is 17.6. The summed E-state index contributed by atoms with van der Waals surface area (Å²) in [6, 6.07) is 13.3. The van der Waals surface area contributed by atoms with Gasteiger partial charge in [-0.05, 0) is 62.7 Å². The molecule has 0 radical (unpaired) electrons. The highest BCUT2D eigenvalue weighted by atomic mass is 32.2. The Hall–Kier alpha value is -2.75. The van der Waals surface area contributed by atoms with Crippen LogP contribution < -0.4 is 15.0 Å². The van der Waals surface area contributed by atoms with Crippen LogP contribution in [0, 0.1) is 12.8 Å². The summed E-state index contributed by atoms with van der Waals surface area (Å²) in [5.74, 6) is -0.168. The Morgan fingerprint density at radius 2 is 1.77 bits per heavy atom. The summed E-state index contributed by atoms with van der Waals surface area (Å²) in [5.41, 5.74) is 3.84. The van der Waals surface area contributed by atoms with E-state index in [-0.39, 0.29) is 17.2 Å². The van der Waals surface area contributed by atoms with E-state index in [9.17, 15) is 18.0 Å². The van der Waals surface area contributed by atoms with Gasteiger partial charge in [0.05, 0.1) is 24.5 Å². The van der Waals surface area contributed by atoms with E-state index in [1.54, 1.807) is 43.5 Å². The van der Waals surface area contributed by atoms with Gasteiger partial charge in [-0.1, -0.05) is 17.7 Å². The fourth-order valence-corrected chi connectivity index (χ4v) is 4.33. The predicted molar refractivity (Wildman–Crippen MR) is 116 cm³/mol. The first kappa shape index (κ1) is 22.9. The minimum absolute atomic E-state index is 0.0382. The molecule has 1 atom stereocenters. The number of hydrogen-bond donors (Lipinski definition) is 2. The van der Waals surface area contributed by atoms with Crippen LogP contribution in [0.2, 0.25) is 0 Å². The number of carbonyl (C=O) groups excluding carboxylic acids is 2. The molecule has 1 saturated heterocycles. The van der Waals surface area contributed by atoms with Gasteiger partial charge in [0.2, 0.25) is 5.91 Å². The lowest BCUT2D eigenvalue weighted by Gasteiger charge is -2.31. The zero-order valence-corrected chi connectivity index (χ0v) is 18.4. The molecule has 0 aliphatic carbocycles. The standard InChI is InChI=1S/C22H27N3O5S/c1-16-5-11-20(12-6-16)31(28,29)24-23-22(27)18-4-3-13-25(14-18)15-21(26)17-7-9-19(30-2)10-8-17/h5-12,18,24H,3-4,13-15H2,1-2H3,(H,23,27). The van der Waals surface area contributed by atoms with Crippen LogP contribution in [0.3, 0.4) is 0 Å². The summed E-state index contributed by atoms with van der Waals surface area (Å²) in [7, 11) is -2.28. The van der Waals surface area contributed by atoms with Crippen molar-refractivity contribution in [2.24, 2.45) is 5.92 Å². The number of sulfonamides is 1. The third kappa shape index (κ3) is 6.13. The van der Waals surface area contributed by atoms with Gasteiger partial charge in [0.15, 0.2) is 5.78 Å². The average Bonchev–Trinajstić information content (AvgIpc) is 2.78. The van der Waals surface area contributed by atoms with Crippen LogP contribution in [-0.4, -0.2) is 51.8 Å². The SMILES string of the molecule is COc1ccc(C(=O)CN2CCCC(C(=O)NNS(=O)(=O)c3ccc(C)cc3)C2)cc1. The van der Waals surface area contributed by atoms with Gasteiger partial charge < -0.3 is 4.74 Å². The van der Waals surface area contributed by atoms with Crippen molar-refractivity contribution in [3.05, 3.63) is 59.7 Å². The van der Waals surface area contributed by atoms with E-state index in [1.165, 1.54) is 12.1 Å². The van der Waals surface area contributed by atoms with Gasteiger partial charge in [0.25, 0.3) is 10.0 Å². The van der Waals surface area contributed by atoms with E-state index in [4.69, 9.17) is 4.74 Å². The number of nitrogens with zero attached hydrogens (tertiary/aromatic N) is 1. The number of ketones is 1. The molecule has 0 spiro atoms. The smallest absolute Gasteiger partial charge is 0.257 e. The Morgan fingerprint density at radius 1 is 1.10 bits per heavy atom. The molecule has 1 aliphatic heterocycles. The van der Waals surface area contributed by atoms with Crippen molar-refractivity contribution in [1.82, 2.24) is 15.2 Å². The second kappa shape index (κ2) is 10.0. The number of Topliss-reactive ketones (excluding diaryl/α,β-unsaturated/α-hetero) is 1. The zero-order chi connectivity index (χ0) is 22.4. The van der Waals surface area contributed by atoms with Crippen LogP contribution in [0.5, 0.6) is 5.75 Å². The van der Waals surface area contributed by atoms with E-state index in [2.05, 4.69) is 10.3 Å². The minimum Gasteiger partial charge on any atom is -0.497 e. The van der Waals surface area contributed by atoms with Crippen LogP contribution in [0.4, 0.5) is 0 Å². The second-order valence-electron chi connectivity index (χ2n) is 7.63. The summed E-state index contributed by atoms with van der Waals surface area (Å²) in [4.78, 5) is 29.3. The first-order valence-corrected chi connectivity index (χ1v) is 11.5. The van der Waals surface area contributed by atoms with Gasteiger partial charge in [-0.3, -0.25) is 19.9 Å². The Bertz CT molecular complexity index is 1020. The molecule has 166 valence electrons. The Morgan fingerprint density at radius 3 is 2.42 bits per heavy atom. The number of amides is 1. The molecule has 1 unspecified atom stereocenters. The molecule has 1 fully saturated rings. The van der Waals surface area contributed by atoms with Crippen molar-refractivity contribution in [2.75, 3.05) is 26.7 Å². The lowest BCUT2D eigenvalue weighted by Crippen LogP contribution is -2.49. The molecule has 1 aliphatic rings. The van der Waals surface area contributed by atoms with E-state index >= 15 is 0 Å². The highest BCUT2D eigenvalue weighted by Gasteiger charge is 2.28. The normalized spacial score (nSPS) is 17.2. The van der Waals surface area contributed by atoms with Gasteiger partial charge in [0.1, 0.15) is 5.75 Å². The molecule has 2 aromatic rings. The fourth-order valence-electron chi connectivity index (χ4n) is 3.48. The number of methoxy groups -OCH3 is 1. The van der Waals surface area contributed by atoms with Crippen molar-refractivity contribution in [3.63, 3.8) is 0 Å². The van der Waals surface area contributed by atoms with Crippen LogP contribution in [0.15, 0.2) is 53.4 Å². The summed E-state index contributed by atoms with van der Waals surface area (Å²) in [6.07, 6.45) is 1.38. The summed E-state index contributed by atoms with van der Waals surface area (Å²) in [6.45, 7) is 3.16. The molecule has 1 heterocycles. The maximum atomic E-state index is 12.6. The van der Waals surface area contributed by atoms with Crippen molar-refractivity contribution in [1.29, 1.82) is 0 Å². The van der Waals surface area contributed by atoms with Crippen LogP contribution in [0.25, 0.3) is 0 Å². The second-order valence-corrected chi connectivity index (χ2v) is 9.32. The fraction of sp³-hybridized carbons (Fsp3) is 0.364. The number of carbonyl (C=O) groups is 2. The van der Waals surface area contributed by atoms with E-state index in [0.29, 0.717) is 30.8 Å². The Kier molecular flexibility index (Phi) is 7.42. The summed E-state index contributed by atoms with van der Waals surface area (Å²) < 4.78 is 29.8. The molecular formula is C22H27N3O5S. The quantitative estimate of drug-likeness (QED) is 0.475. The molecular weight excluding hydrogens is 418 g/mol. The van der Waals surface area contributed by atoms with Gasteiger partial charge in [0, 0.05) is 12.1 Å². The molecule has 1 amide bonds. The van der Waals surface area contributed by atoms with E-state index in [0.717, 1.165) is 12.0 Å². The largest absolute Gasteiger partial charge is 0.497 e. The van der Waals surface area contributed by atoms with Crippen LogP contribution in [-0.2, 0) is 14.8 Å². The summed E-state index contributed by atoms with van der Waals surface area (Å²) in [5, 5.41) is 0. The van der Waals surface area contributed by atoms with E-state index in [1.807, 2.05) is 11.8 Å². The molecule has 0 aromatic heterocycles. The number of nitrogens with one attached hydrogen (secondary N) is 2. The van der Waals surface area contributed by atoms with Crippen LogP contribution in [0.1, 0.15) is 28.8 Å². The first-order valence-electron chi connectivity index (χ1n) is 10.1. The molecule has 8 nitrogen and oxygen atoms in total. The maximum Gasteiger partial charge on any atom is 0.257 e. The lowest BCUT2D eigenvalue weighted by atomic mass is 9.97. The molecule has 2 N–H and O–H groups in total. The lowest BCUT2D eigenvalue weighted by molar-refractivity contribution is -0.127. The predicted octanol–water partition coefficient (Wildman–Crippen LogP) is 1.91. The monoisotopic (exact) mass is 445 g/mol. The molecule has 9 heteroatoms. The number of ether oxygens (including phenoxy) is 1. The number of piperidine rings is 1. The highest BCUT2D eigenvalue weighted by molar-refractivity contribution is 7.89. The number of likely N-dealkylation sites (tertiary alicyclic amines) is 1. The molecule has 31 heavy (non-hydrogen) atoms. The summed E-state index contributed by atoms with van der Waals surface area (Å²) >= 11 is 0. The molecule has 0 saturated carbocycles. The van der Waals surface area contributed by atoms with Crippen molar-refractivity contribution >= 4 is 21.7 Å². The average molecular weight is 446 g/mol. The number of hydrazine groups is 1. The number of aryl methyl sites for hydroxylation is 1. The Labute approximate surface area is 182 Å². The molecule has 3 rings (SSSR count). The topological polar surface area (TPSA) is 105 Å². The minimum atomic E-state index is -3.85. The number of rotatable bonds is 8. The van der Waals surface area contributed by atoms with Crippen molar-refractivity contribution in [2.45, 2.75) is 24.7 Å².